The van der Waals surface area contributed by atoms with E-state index in [9.17, 15) is 4.79 Å². The topological polar surface area (TPSA) is 94.9 Å². The van der Waals surface area contributed by atoms with Crippen LogP contribution in [0.4, 0.5) is 0 Å². The molecule has 1 aliphatic heterocycles. The molecule has 10 heteroatoms. The van der Waals surface area contributed by atoms with Crippen molar-refractivity contribution in [3.8, 4) is 11.5 Å². The highest BCUT2D eigenvalue weighted by molar-refractivity contribution is 7.98. The summed E-state index contributed by atoms with van der Waals surface area (Å²) in [4.78, 5) is 22.0. The predicted molar refractivity (Wildman–Crippen MR) is 125 cm³/mol. The van der Waals surface area contributed by atoms with Crippen molar-refractivity contribution in [3.63, 3.8) is 0 Å². The van der Waals surface area contributed by atoms with E-state index in [1.807, 2.05) is 42.7 Å². The molecule has 1 atom stereocenters. The zero-order valence-electron chi connectivity index (χ0n) is 17.6. The number of para-hydroxylation sites is 2. The Morgan fingerprint density at radius 1 is 1.31 bits per heavy atom. The number of nitrogens with zero attached hydrogens (tertiary/aromatic N) is 4. The molecule has 0 saturated carbocycles. The Balaban J connectivity index is 1.39. The monoisotopic (exact) mass is 467 g/mol. The Labute approximate surface area is 192 Å². The summed E-state index contributed by atoms with van der Waals surface area (Å²) in [5.74, 6) is 3.14. The molecule has 0 spiro atoms. The molecule has 5 rings (SSSR count). The van der Waals surface area contributed by atoms with Crippen LogP contribution < -0.4 is 15.0 Å². The third kappa shape index (κ3) is 3.69. The molecule has 0 amide bonds. The quantitative estimate of drug-likeness (QED) is 0.336. The molecule has 1 aliphatic rings. The first-order chi connectivity index (χ1) is 15.5. The number of H-pyrrole nitrogens is 1. The van der Waals surface area contributed by atoms with Crippen molar-refractivity contribution in [1.29, 1.82) is 0 Å². The van der Waals surface area contributed by atoms with Crippen LogP contribution in [0.3, 0.4) is 0 Å². The largest absolute Gasteiger partial charge is 0.485 e. The van der Waals surface area contributed by atoms with Crippen LogP contribution in [-0.4, -0.2) is 31.3 Å². The molecule has 0 unspecified atom stereocenters. The number of nitrogens with one attached hydrogen (secondary N) is 1. The molecule has 4 heterocycles. The van der Waals surface area contributed by atoms with Gasteiger partial charge in [-0.25, -0.2) is 4.98 Å². The highest BCUT2D eigenvalue weighted by Gasteiger charge is 2.28. The smallest absolute Gasteiger partial charge is 0.259 e. The molecular formula is C22H21N5O3S2. The van der Waals surface area contributed by atoms with Crippen molar-refractivity contribution in [1.82, 2.24) is 24.7 Å². The van der Waals surface area contributed by atoms with E-state index in [4.69, 9.17) is 9.47 Å². The van der Waals surface area contributed by atoms with E-state index in [1.165, 1.54) is 11.8 Å². The zero-order chi connectivity index (χ0) is 22.2. The minimum absolute atomic E-state index is 0.105. The van der Waals surface area contributed by atoms with Crippen molar-refractivity contribution < 1.29 is 9.47 Å². The van der Waals surface area contributed by atoms with Gasteiger partial charge in [-0.2, -0.15) is 0 Å². The lowest BCUT2D eigenvalue weighted by Crippen LogP contribution is -2.25. The number of allylic oxidation sites excluding steroid dienone is 1. The summed E-state index contributed by atoms with van der Waals surface area (Å²) in [7, 11) is 0. The molecule has 0 fully saturated rings. The molecule has 4 aromatic rings. The van der Waals surface area contributed by atoms with E-state index in [-0.39, 0.29) is 11.7 Å². The van der Waals surface area contributed by atoms with Gasteiger partial charge in [-0.15, -0.1) is 28.1 Å². The molecule has 0 aliphatic carbocycles. The lowest BCUT2D eigenvalue weighted by molar-refractivity contribution is 0.0821. The van der Waals surface area contributed by atoms with Crippen LogP contribution in [0, 0.1) is 13.8 Å². The first-order valence-corrected chi connectivity index (χ1v) is 11.9. The molecule has 1 N–H and O–H groups in total. The van der Waals surface area contributed by atoms with Gasteiger partial charge in [-0.3, -0.25) is 9.36 Å². The van der Waals surface area contributed by atoms with E-state index >= 15 is 0 Å². The van der Waals surface area contributed by atoms with Crippen LogP contribution in [0.25, 0.3) is 10.2 Å². The van der Waals surface area contributed by atoms with E-state index < -0.39 is 0 Å². The number of fused-ring (bicyclic) bond motifs is 2. The van der Waals surface area contributed by atoms with E-state index in [2.05, 4.69) is 26.7 Å². The molecule has 1 aromatic carbocycles. The number of hydrogen-bond acceptors (Lipinski definition) is 8. The van der Waals surface area contributed by atoms with Crippen molar-refractivity contribution in [3.05, 3.63) is 69.4 Å². The van der Waals surface area contributed by atoms with Gasteiger partial charge in [0.2, 0.25) is 0 Å². The van der Waals surface area contributed by atoms with Gasteiger partial charge in [-0.1, -0.05) is 30.0 Å². The Morgan fingerprint density at radius 2 is 2.12 bits per heavy atom. The molecule has 164 valence electrons. The number of thiophene rings is 1. The molecule has 8 nitrogen and oxygen atoms in total. The summed E-state index contributed by atoms with van der Waals surface area (Å²) in [6.45, 7) is 8.69. The molecular weight excluding hydrogens is 446 g/mol. The van der Waals surface area contributed by atoms with Gasteiger partial charge in [0.1, 0.15) is 17.3 Å². The Hall–Kier alpha value is -3.11. The van der Waals surface area contributed by atoms with Crippen LogP contribution >= 0.6 is 23.1 Å². The molecule has 0 saturated heterocycles. The number of hydrogen-bond donors (Lipinski definition) is 1. The number of aromatic amines is 1. The summed E-state index contributed by atoms with van der Waals surface area (Å²) >= 11 is 3.00. The van der Waals surface area contributed by atoms with Gasteiger partial charge in [0.15, 0.2) is 28.6 Å². The van der Waals surface area contributed by atoms with Gasteiger partial charge >= 0.3 is 0 Å². The number of thioether (sulfide) groups is 1. The fraction of sp³-hybridized carbons (Fsp3) is 0.273. The number of ether oxygens (including phenoxy) is 2. The lowest BCUT2D eigenvalue weighted by Gasteiger charge is -2.26. The third-order valence-electron chi connectivity index (χ3n) is 5.28. The van der Waals surface area contributed by atoms with Gasteiger partial charge < -0.3 is 14.5 Å². The summed E-state index contributed by atoms with van der Waals surface area (Å²) in [6, 6.07) is 7.56. The van der Waals surface area contributed by atoms with Crippen LogP contribution in [0.15, 0.2) is 46.9 Å². The molecule has 0 radical (unpaired) electrons. The van der Waals surface area contributed by atoms with E-state index in [0.717, 1.165) is 21.0 Å². The number of benzene rings is 1. The first kappa shape index (κ1) is 20.8. The number of aromatic nitrogens is 5. The SMILES string of the molecule is C=CCn1c(SCc2nc3sc(C)c(C)c3c(=O)[nH]2)nnc1[C@@H]1COc2ccccc2O1. The first-order valence-electron chi connectivity index (χ1n) is 10.1. The second-order valence-corrected chi connectivity index (χ2v) is 9.51. The maximum Gasteiger partial charge on any atom is 0.259 e. The standard InChI is InChI=1S/C22H21N5O3S2/c1-4-9-27-19(16-10-29-14-7-5-6-8-15(14)30-16)25-26-22(27)31-11-17-23-20(28)18-12(2)13(3)32-21(18)24-17/h4-8,16H,1,9-11H2,2-3H3,(H,23,24,28)/t16-/m0/s1. The highest BCUT2D eigenvalue weighted by Crippen LogP contribution is 2.36. The van der Waals surface area contributed by atoms with Gasteiger partial charge in [0, 0.05) is 11.4 Å². The van der Waals surface area contributed by atoms with Crippen molar-refractivity contribution in [2.24, 2.45) is 0 Å². The van der Waals surface area contributed by atoms with E-state index in [1.54, 1.807) is 17.4 Å². The van der Waals surface area contributed by atoms with Crippen molar-refractivity contribution >= 4 is 33.3 Å². The summed E-state index contributed by atoms with van der Waals surface area (Å²) in [6.07, 6.45) is 1.41. The fourth-order valence-corrected chi connectivity index (χ4v) is 5.47. The Morgan fingerprint density at radius 3 is 2.94 bits per heavy atom. The normalized spacial score (nSPS) is 15.2. The minimum Gasteiger partial charge on any atom is -0.485 e. The van der Waals surface area contributed by atoms with E-state index in [0.29, 0.717) is 46.8 Å². The van der Waals surface area contributed by atoms with Gasteiger partial charge in [-0.05, 0) is 31.5 Å². The molecule has 32 heavy (non-hydrogen) atoms. The van der Waals surface area contributed by atoms with Crippen LogP contribution in [0.5, 0.6) is 11.5 Å². The number of aryl methyl sites for hydroxylation is 2. The average Bonchev–Trinajstić information content (AvgIpc) is 3.32. The fourth-order valence-electron chi connectivity index (χ4n) is 3.59. The zero-order valence-corrected chi connectivity index (χ0v) is 19.3. The van der Waals surface area contributed by atoms with Gasteiger partial charge in [0.25, 0.3) is 5.56 Å². The lowest BCUT2D eigenvalue weighted by atomic mass is 10.2. The molecule has 3 aromatic heterocycles. The molecule has 0 bridgehead atoms. The van der Waals surface area contributed by atoms with Gasteiger partial charge in [0.05, 0.1) is 11.1 Å². The minimum atomic E-state index is -0.377. The maximum absolute atomic E-state index is 12.6. The van der Waals surface area contributed by atoms with Crippen molar-refractivity contribution in [2.45, 2.75) is 37.4 Å². The summed E-state index contributed by atoms with van der Waals surface area (Å²) in [5, 5.41) is 10.1. The number of rotatable bonds is 6. The average molecular weight is 468 g/mol. The second kappa shape index (κ2) is 8.44. The second-order valence-electron chi connectivity index (χ2n) is 7.37. The predicted octanol–water partition coefficient (Wildman–Crippen LogP) is 4.18. The summed E-state index contributed by atoms with van der Waals surface area (Å²) < 4.78 is 13.9. The van der Waals surface area contributed by atoms with Crippen LogP contribution in [0.2, 0.25) is 0 Å². The van der Waals surface area contributed by atoms with Crippen LogP contribution in [0.1, 0.15) is 28.2 Å². The maximum atomic E-state index is 12.6. The highest BCUT2D eigenvalue weighted by atomic mass is 32.2. The third-order valence-corrected chi connectivity index (χ3v) is 7.36. The van der Waals surface area contributed by atoms with Crippen LogP contribution in [-0.2, 0) is 12.3 Å². The Kier molecular flexibility index (Phi) is 5.48. The Bertz CT molecular complexity index is 1370. The van der Waals surface area contributed by atoms with Crippen molar-refractivity contribution in [2.75, 3.05) is 6.61 Å². The summed E-state index contributed by atoms with van der Waals surface area (Å²) in [5.41, 5.74) is 0.886.